The molecule has 6 rings (SSSR count). The molecule has 2 aromatic heterocycles. The van der Waals surface area contributed by atoms with Crippen LogP contribution in [0, 0.1) is 6.92 Å². The molecule has 1 amide bonds. The lowest BCUT2D eigenvalue weighted by atomic mass is 9.94. The maximum absolute atomic E-state index is 14.4. The molecule has 3 aliphatic rings. The number of hydrogen-bond donors (Lipinski definition) is 0. The van der Waals surface area contributed by atoms with E-state index in [1.807, 2.05) is 36.9 Å². The molecule has 3 aliphatic heterocycles. The zero-order chi connectivity index (χ0) is 26.4. The van der Waals surface area contributed by atoms with Gasteiger partial charge in [0, 0.05) is 77.0 Å². The molecule has 38 heavy (non-hydrogen) atoms. The summed E-state index contributed by atoms with van der Waals surface area (Å²) in [4.78, 5) is 18.7. The Morgan fingerprint density at radius 2 is 2.00 bits per heavy atom. The van der Waals surface area contributed by atoms with Gasteiger partial charge in [0.25, 0.3) is 6.43 Å². The fourth-order valence-corrected chi connectivity index (χ4v) is 7.06. The Morgan fingerprint density at radius 1 is 1.18 bits per heavy atom. The molecule has 0 spiro atoms. The lowest BCUT2D eigenvalue weighted by molar-refractivity contribution is -0.131. The first kappa shape index (κ1) is 25.5. The quantitative estimate of drug-likeness (QED) is 0.367. The standard InChI is InChI=1S/C29H34F2N4O2S/c1-3-27(36)33-12-8-24-23(17-33)29(32-35(24)20-9-13-37-14-10-20)34-11-4-5-19-15-21(26-7-6-18(2)38-26)22(28(30)31)16-25(19)34/h6-7,15-16,20,28H,3-5,8-14,17H2,1-2H3. The van der Waals surface area contributed by atoms with Crippen LogP contribution in [0.1, 0.15) is 72.3 Å². The molecule has 0 bridgehead atoms. The maximum Gasteiger partial charge on any atom is 0.264 e. The summed E-state index contributed by atoms with van der Waals surface area (Å²) in [5.74, 6) is 0.955. The first-order valence-corrected chi connectivity index (χ1v) is 14.5. The zero-order valence-corrected chi connectivity index (χ0v) is 22.8. The average Bonchev–Trinajstić information content (AvgIpc) is 3.55. The van der Waals surface area contributed by atoms with Crippen molar-refractivity contribution in [3.8, 4) is 10.4 Å². The fraction of sp³-hybridized carbons (Fsp3) is 0.517. The molecule has 202 valence electrons. The van der Waals surface area contributed by atoms with E-state index in [9.17, 15) is 13.6 Å². The summed E-state index contributed by atoms with van der Waals surface area (Å²) in [6, 6.07) is 7.86. The van der Waals surface area contributed by atoms with Crippen LogP contribution in [0.25, 0.3) is 10.4 Å². The van der Waals surface area contributed by atoms with Gasteiger partial charge in [-0.2, -0.15) is 5.10 Å². The fourth-order valence-electron chi connectivity index (χ4n) is 6.16. The second kappa shape index (κ2) is 10.4. The van der Waals surface area contributed by atoms with E-state index in [1.54, 1.807) is 17.4 Å². The summed E-state index contributed by atoms with van der Waals surface area (Å²) < 4.78 is 36.6. The van der Waals surface area contributed by atoms with Crippen LogP contribution < -0.4 is 4.90 Å². The number of nitrogens with zero attached hydrogens (tertiary/aromatic N) is 4. The number of ether oxygens (including phenoxy) is 1. The van der Waals surface area contributed by atoms with Crippen LogP contribution in [0.5, 0.6) is 0 Å². The van der Waals surface area contributed by atoms with E-state index in [0.717, 1.165) is 64.5 Å². The number of aromatic nitrogens is 2. The van der Waals surface area contributed by atoms with Gasteiger partial charge >= 0.3 is 0 Å². The number of hydrogen-bond acceptors (Lipinski definition) is 5. The van der Waals surface area contributed by atoms with E-state index in [0.29, 0.717) is 44.8 Å². The number of amides is 1. The number of carbonyl (C=O) groups is 1. The Morgan fingerprint density at radius 3 is 2.71 bits per heavy atom. The zero-order valence-electron chi connectivity index (χ0n) is 22.0. The van der Waals surface area contributed by atoms with Gasteiger partial charge in [-0.15, -0.1) is 11.3 Å². The second-order valence-electron chi connectivity index (χ2n) is 10.5. The van der Waals surface area contributed by atoms with Crippen molar-refractivity contribution in [2.75, 3.05) is 31.2 Å². The number of rotatable bonds is 5. The van der Waals surface area contributed by atoms with Crippen LogP contribution in [0.3, 0.4) is 0 Å². The number of carbonyl (C=O) groups excluding carboxylic acids is 1. The highest BCUT2D eigenvalue weighted by molar-refractivity contribution is 7.15. The maximum atomic E-state index is 14.4. The third-order valence-electron chi connectivity index (χ3n) is 8.12. The lowest BCUT2D eigenvalue weighted by Crippen LogP contribution is -2.37. The second-order valence-corrected chi connectivity index (χ2v) is 11.8. The summed E-state index contributed by atoms with van der Waals surface area (Å²) in [6.07, 6.45) is 2.21. The first-order valence-electron chi connectivity index (χ1n) is 13.7. The molecular weight excluding hydrogens is 506 g/mol. The molecule has 1 fully saturated rings. The Labute approximate surface area is 226 Å². The highest BCUT2D eigenvalue weighted by atomic mass is 32.1. The SMILES string of the molecule is CCC(=O)N1CCc2c(c(N3CCCc4cc(-c5ccc(C)s5)c(C(F)F)cc43)nn2C2CCOCC2)C1. The Bertz CT molecular complexity index is 1340. The van der Waals surface area contributed by atoms with Gasteiger partial charge in [0.05, 0.1) is 12.6 Å². The first-order chi connectivity index (χ1) is 18.4. The van der Waals surface area contributed by atoms with Crippen LogP contribution in [-0.4, -0.2) is 46.9 Å². The summed E-state index contributed by atoms with van der Waals surface area (Å²) in [5, 5.41) is 5.18. The van der Waals surface area contributed by atoms with Crippen LogP contribution in [0.2, 0.25) is 0 Å². The number of thiophene rings is 1. The van der Waals surface area contributed by atoms with Gasteiger partial charge in [-0.25, -0.2) is 8.78 Å². The van der Waals surface area contributed by atoms with Crippen LogP contribution in [0.15, 0.2) is 24.3 Å². The highest BCUT2D eigenvalue weighted by Gasteiger charge is 2.34. The highest BCUT2D eigenvalue weighted by Crippen LogP contribution is 2.44. The molecule has 0 saturated carbocycles. The van der Waals surface area contributed by atoms with Gasteiger partial charge in [0.15, 0.2) is 5.82 Å². The Kier molecular flexibility index (Phi) is 6.99. The smallest absolute Gasteiger partial charge is 0.264 e. The molecular formula is C29H34F2N4O2S. The summed E-state index contributed by atoms with van der Waals surface area (Å²) in [5.41, 5.74) is 4.84. The van der Waals surface area contributed by atoms with E-state index in [4.69, 9.17) is 9.84 Å². The minimum Gasteiger partial charge on any atom is -0.381 e. The summed E-state index contributed by atoms with van der Waals surface area (Å²) >= 11 is 1.55. The third kappa shape index (κ3) is 4.53. The molecule has 1 saturated heterocycles. The van der Waals surface area contributed by atoms with Gasteiger partial charge in [0.2, 0.25) is 5.91 Å². The molecule has 0 N–H and O–H groups in total. The van der Waals surface area contributed by atoms with Crippen molar-refractivity contribution in [2.24, 2.45) is 0 Å². The van der Waals surface area contributed by atoms with E-state index < -0.39 is 6.43 Å². The van der Waals surface area contributed by atoms with Crippen molar-refractivity contribution < 1.29 is 18.3 Å². The summed E-state index contributed by atoms with van der Waals surface area (Å²) in [7, 11) is 0. The van der Waals surface area contributed by atoms with Crippen molar-refractivity contribution in [2.45, 2.75) is 71.4 Å². The van der Waals surface area contributed by atoms with Gasteiger partial charge < -0.3 is 14.5 Å². The molecule has 0 unspecified atom stereocenters. The predicted molar refractivity (Wildman–Crippen MR) is 146 cm³/mol. The van der Waals surface area contributed by atoms with Crippen molar-refractivity contribution in [3.63, 3.8) is 0 Å². The van der Waals surface area contributed by atoms with Crippen molar-refractivity contribution in [1.82, 2.24) is 14.7 Å². The van der Waals surface area contributed by atoms with E-state index in [-0.39, 0.29) is 17.5 Å². The lowest BCUT2D eigenvalue weighted by Gasteiger charge is -2.33. The van der Waals surface area contributed by atoms with Crippen LogP contribution in [-0.2, 0) is 28.9 Å². The van der Waals surface area contributed by atoms with Crippen molar-refractivity contribution >= 4 is 28.7 Å². The van der Waals surface area contributed by atoms with E-state index >= 15 is 0 Å². The summed E-state index contributed by atoms with van der Waals surface area (Å²) in [6.45, 7) is 7.23. The van der Waals surface area contributed by atoms with Crippen molar-refractivity contribution in [1.29, 1.82) is 0 Å². The molecule has 3 aromatic rings. The molecule has 6 nitrogen and oxygen atoms in total. The van der Waals surface area contributed by atoms with Gasteiger partial charge in [0.1, 0.15) is 0 Å². The number of benzene rings is 1. The molecule has 9 heteroatoms. The largest absolute Gasteiger partial charge is 0.381 e. The number of fused-ring (bicyclic) bond motifs is 2. The Balaban J connectivity index is 1.46. The van der Waals surface area contributed by atoms with E-state index in [2.05, 4.69) is 9.58 Å². The van der Waals surface area contributed by atoms with Crippen LogP contribution in [0.4, 0.5) is 20.3 Å². The third-order valence-corrected chi connectivity index (χ3v) is 9.16. The van der Waals surface area contributed by atoms with Gasteiger partial charge in [-0.05, 0) is 62.4 Å². The van der Waals surface area contributed by atoms with Gasteiger partial charge in [-0.3, -0.25) is 9.48 Å². The Hall–Kier alpha value is -2.78. The number of alkyl halides is 2. The number of aryl methyl sites for hydroxylation is 2. The van der Waals surface area contributed by atoms with Gasteiger partial charge in [-0.1, -0.05) is 6.92 Å². The van der Waals surface area contributed by atoms with Crippen molar-refractivity contribution in [3.05, 3.63) is 51.5 Å². The van der Waals surface area contributed by atoms with E-state index in [1.165, 1.54) is 5.69 Å². The number of anilines is 2. The number of halogens is 2. The predicted octanol–water partition coefficient (Wildman–Crippen LogP) is 6.59. The normalized spacial score (nSPS) is 18.1. The molecule has 0 aliphatic carbocycles. The minimum absolute atomic E-state index is 0.0676. The molecule has 0 atom stereocenters. The minimum atomic E-state index is -2.58. The topological polar surface area (TPSA) is 50.6 Å². The molecule has 1 aromatic carbocycles. The monoisotopic (exact) mass is 540 g/mol. The average molecular weight is 541 g/mol. The molecule has 5 heterocycles. The molecule has 0 radical (unpaired) electrons. The van der Waals surface area contributed by atoms with Crippen LogP contribution >= 0.6 is 11.3 Å².